The molecule has 0 aliphatic carbocycles. The van der Waals surface area contributed by atoms with Gasteiger partial charge in [-0.3, -0.25) is 4.68 Å². The molecule has 0 aliphatic heterocycles. The summed E-state index contributed by atoms with van der Waals surface area (Å²) in [5.74, 6) is 0.443. The van der Waals surface area contributed by atoms with Gasteiger partial charge in [0.2, 0.25) is 10.0 Å². The van der Waals surface area contributed by atoms with Crippen molar-refractivity contribution in [3.8, 4) is 0 Å². The van der Waals surface area contributed by atoms with Gasteiger partial charge in [0.1, 0.15) is 5.82 Å². The predicted octanol–water partition coefficient (Wildman–Crippen LogP) is 1.55. The van der Waals surface area contributed by atoms with E-state index in [9.17, 15) is 8.42 Å². The van der Waals surface area contributed by atoms with E-state index in [2.05, 4.69) is 25.8 Å². The van der Waals surface area contributed by atoms with Crippen molar-refractivity contribution in [2.24, 2.45) is 7.05 Å². The molecule has 2 aromatic rings. The van der Waals surface area contributed by atoms with E-state index >= 15 is 0 Å². The maximum absolute atomic E-state index is 12.3. The summed E-state index contributed by atoms with van der Waals surface area (Å²) in [7, 11) is -1.89. The molecule has 6 nitrogen and oxygen atoms in total. The number of nitrogen functional groups attached to an aromatic ring is 1. The zero-order valence-electron chi connectivity index (χ0n) is 11.1. The Hall–Kier alpha value is -1.38. The smallest absolute Gasteiger partial charge is 0.241 e. The third-order valence-electron chi connectivity index (χ3n) is 2.96. The van der Waals surface area contributed by atoms with E-state index in [0.29, 0.717) is 21.4 Å². The first-order valence-corrected chi connectivity index (χ1v) is 8.11. The molecular formula is C12H15BrN4O2S. The molecule has 3 N–H and O–H groups in total. The van der Waals surface area contributed by atoms with E-state index in [1.165, 1.54) is 4.68 Å². The third kappa shape index (κ3) is 3.02. The van der Waals surface area contributed by atoms with Gasteiger partial charge in [-0.2, -0.15) is 5.10 Å². The molecule has 0 amide bonds. The largest absolute Gasteiger partial charge is 0.384 e. The number of rotatable bonds is 4. The number of sulfonamides is 1. The number of halogens is 1. The van der Waals surface area contributed by atoms with Gasteiger partial charge in [-0.25, -0.2) is 13.1 Å². The minimum absolute atomic E-state index is 0.105. The normalized spacial score (nSPS) is 11.8. The predicted molar refractivity (Wildman–Crippen MR) is 80.5 cm³/mol. The number of nitrogens with zero attached hydrogens (tertiary/aromatic N) is 2. The van der Waals surface area contributed by atoms with Crippen molar-refractivity contribution in [2.45, 2.75) is 18.4 Å². The zero-order chi connectivity index (χ0) is 14.9. The summed E-state index contributed by atoms with van der Waals surface area (Å²) in [5.41, 5.74) is 7.11. The van der Waals surface area contributed by atoms with Crippen molar-refractivity contribution in [1.82, 2.24) is 14.5 Å². The zero-order valence-corrected chi connectivity index (χ0v) is 13.5. The highest BCUT2D eigenvalue weighted by atomic mass is 79.9. The number of hydrogen-bond donors (Lipinski definition) is 2. The highest BCUT2D eigenvalue weighted by Crippen LogP contribution is 2.21. The van der Waals surface area contributed by atoms with Crippen LogP contribution in [0.3, 0.4) is 0 Å². The van der Waals surface area contributed by atoms with Gasteiger partial charge < -0.3 is 5.73 Å². The lowest BCUT2D eigenvalue weighted by atomic mass is 10.2. The fourth-order valence-corrected chi connectivity index (χ4v) is 3.53. The van der Waals surface area contributed by atoms with Crippen LogP contribution in [0.15, 0.2) is 33.8 Å². The summed E-state index contributed by atoms with van der Waals surface area (Å²) >= 11 is 3.27. The molecule has 8 heteroatoms. The van der Waals surface area contributed by atoms with E-state index in [4.69, 9.17) is 5.73 Å². The molecule has 20 heavy (non-hydrogen) atoms. The average molecular weight is 359 g/mol. The molecule has 1 heterocycles. The van der Waals surface area contributed by atoms with E-state index in [0.717, 1.165) is 0 Å². The van der Waals surface area contributed by atoms with Crippen LogP contribution in [0.1, 0.15) is 11.1 Å². The quantitative estimate of drug-likeness (QED) is 0.867. The Morgan fingerprint density at radius 3 is 2.75 bits per heavy atom. The molecule has 0 saturated carbocycles. The van der Waals surface area contributed by atoms with E-state index in [-0.39, 0.29) is 11.4 Å². The standard InChI is InChI=1S/C12H15BrN4O2S/c1-8-3-4-10(13)5-11(8)20(18,19)16-7-9-6-15-17(2)12(9)14/h3-6,16H,7,14H2,1-2H3. The molecule has 0 fully saturated rings. The number of anilines is 1. The number of nitrogens with one attached hydrogen (secondary N) is 1. The van der Waals surface area contributed by atoms with Gasteiger partial charge in [-0.05, 0) is 24.6 Å². The summed E-state index contributed by atoms with van der Waals surface area (Å²) in [6.07, 6.45) is 1.55. The Morgan fingerprint density at radius 2 is 2.15 bits per heavy atom. The van der Waals surface area contributed by atoms with Crippen molar-refractivity contribution in [2.75, 3.05) is 5.73 Å². The summed E-state index contributed by atoms with van der Waals surface area (Å²) in [5, 5.41) is 3.97. The van der Waals surface area contributed by atoms with Gasteiger partial charge in [0.05, 0.1) is 11.1 Å². The maximum Gasteiger partial charge on any atom is 0.241 e. The first kappa shape index (κ1) is 15.0. The first-order chi connectivity index (χ1) is 9.31. The highest BCUT2D eigenvalue weighted by molar-refractivity contribution is 9.10. The Balaban J connectivity index is 2.24. The molecule has 2 rings (SSSR count). The van der Waals surface area contributed by atoms with Crippen LogP contribution in [-0.2, 0) is 23.6 Å². The number of aryl methyl sites for hydroxylation is 2. The Labute approximate surface area is 126 Å². The molecule has 0 aliphatic rings. The van der Waals surface area contributed by atoms with Crippen molar-refractivity contribution in [3.63, 3.8) is 0 Å². The van der Waals surface area contributed by atoms with Gasteiger partial charge >= 0.3 is 0 Å². The third-order valence-corrected chi connectivity index (χ3v) is 4.99. The second-order valence-corrected chi connectivity index (χ2v) is 7.06. The summed E-state index contributed by atoms with van der Waals surface area (Å²) in [6, 6.07) is 5.12. The number of aromatic nitrogens is 2. The lowest BCUT2D eigenvalue weighted by Gasteiger charge is -2.09. The Bertz CT molecular complexity index is 740. The molecule has 0 radical (unpaired) electrons. The molecule has 0 unspecified atom stereocenters. The molecule has 108 valence electrons. The first-order valence-electron chi connectivity index (χ1n) is 5.83. The molecule has 0 spiro atoms. The fraction of sp³-hybridized carbons (Fsp3) is 0.250. The number of hydrogen-bond acceptors (Lipinski definition) is 4. The molecule has 0 saturated heterocycles. The van der Waals surface area contributed by atoms with E-state index in [1.54, 1.807) is 38.4 Å². The number of nitrogens with two attached hydrogens (primary N) is 1. The maximum atomic E-state index is 12.3. The minimum atomic E-state index is -3.59. The summed E-state index contributed by atoms with van der Waals surface area (Å²) in [6.45, 7) is 1.85. The van der Waals surface area contributed by atoms with Crippen molar-refractivity contribution < 1.29 is 8.42 Å². The molecule has 1 aromatic heterocycles. The SMILES string of the molecule is Cc1ccc(Br)cc1S(=O)(=O)NCc1cnn(C)c1N. The average Bonchev–Trinajstić information content (AvgIpc) is 2.70. The van der Waals surface area contributed by atoms with Crippen LogP contribution in [-0.4, -0.2) is 18.2 Å². The second-order valence-electron chi connectivity index (χ2n) is 4.41. The fourth-order valence-electron chi connectivity index (χ4n) is 1.74. The minimum Gasteiger partial charge on any atom is -0.384 e. The van der Waals surface area contributed by atoms with Gasteiger partial charge in [-0.15, -0.1) is 0 Å². The number of benzene rings is 1. The van der Waals surface area contributed by atoms with Gasteiger partial charge in [0.25, 0.3) is 0 Å². The lowest BCUT2D eigenvalue weighted by molar-refractivity contribution is 0.580. The van der Waals surface area contributed by atoms with Crippen LogP contribution in [0.5, 0.6) is 0 Å². The van der Waals surface area contributed by atoms with Gasteiger partial charge in [0.15, 0.2) is 0 Å². The van der Waals surface area contributed by atoms with Gasteiger partial charge in [-0.1, -0.05) is 22.0 Å². The summed E-state index contributed by atoms with van der Waals surface area (Å²) in [4.78, 5) is 0.245. The molecule has 0 bridgehead atoms. The van der Waals surface area contributed by atoms with Crippen LogP contribution in [0.4, 0.5) is 5.82 Å². The van der Waals surface area contributed by atoms with Crippen LogP contribution in [0, 0.1) is 6.92 Å². The van der Waals surface area contributed by atoms with Crippen molar-refractivity contribution in [1.29, 1.82) is 0 Å². The van der Waals surface area contributed by atoms with Crippen LogP contribution >= 0.6 is 15.9 Å². The van der Waals surface area contributed by atoms with E-state index in [1.807, 2.05) is 0 Å². The van der Waals surface area contributed by atoms with Crippen molar-refractivity contribution >= 4 is 31.8 Å². The Kier molecular flexibility index (Phi) is 4.17. The van der Waals surface area contributed by atoms with Crippen molar-refractivity contribution in [3.05, 3.63) is 40.0 Å². The molecular weight excluding hydrogens is 344 g/mol. The highest BCUT2D eigenvalue weighted by Gasteiger charge is 2.18. The molecule has 0 atom stereocenters. The van der Waals surface area contributed by atoms with Gasteiger partial charge in [0, 0.05) is 23.6 Å². The second kappa shape index (κ2) is 5.55. The molecule has 1 aromatic carbocycles. The van der Waals surface area contributed by atoms with Crippen LogP contribution in [0.25, 0.3) is 0 Å². The Morgan fingerprint density at radius 1 is 1.45 bits per heavy atom. The lowest BCUT2D eigenvalue weighted by Crippen LogP contribution is -2.24. The van der Waals surface area contributed by atoms with Crippen LogP contribution in [0.2, 0.25) is 0 Å². The summed E-state index contributed by atoms with van der Waals surface area (Å²) < 4.78 is 29.3. The monoisotopic (exact) mass is 358 g/mol. The topological polar surface area (TPSA) is 90.0 Å². The van der Waals surface area contributed by atoms with Crippen LogP contribution < -0.4 is 10.5 Å². The van der Waals surface area contributed by atoms with E-state index < -0.39 is 10.0 Å².